The van der Waals surface area contributed by atoms with E-state index >= 15 is 0 Å². The van der Waals surface area contributed by atoms with E-state index in [2.05, 4.69) is 0 Å². The Balaban J connectivity index is -0.000000451. The van der Waals surface area contributed by atoms with Crippen LogP contribution in [0, 0.1) is 0 Å². The summed E-state index contributed by atoms with van der Waals surface area (Å²) in [5.74, 6) is -5.89. The summed E-state index contributed by atoms with van der Waals surface area (Å²) >= 11 is 0. The maximum atomic E-state index is 10.7. The van der Waals surface area contributed by atoms with Gasteiger partial charge in [-0.3, -0.25) is 4.79 Å². The van der Waals surface area contributed by atoms with Crippen LogP contribution in [0.4, 0.5) is 0 Å². The number of carbonyl (C=O) groups is 4. The van der Waals surface area contributed by atoms with Crippen molar-refractivity contribution in [3.05, 3.63) is 0 Å². The zero-order valence-corrected chi connectivity index (χ0v) is 19.5. The van der Waals surface area contributed by atoms with Crippen molar-refractivity contribution < 1.29 is 83.6 Å². The molecule has 0 aliphatic rings. The largest absolute Gasteiger partial charge is 2.00 e. The third kappa shape index (κ3) is 15.9. The number of aliphatic hydroxyl groups excluding tert-OH is 4. The van der Waals surface area contributed by atoms with Crippen LogP contribution in [0.2, 0.25) is 0 Å². The molecule has 0 radical (unpaired) electrons. The first-order chi connectivity index (χ1) is 12.5. The van der Waals surface area contributed by atoms with Crippen molar-refractivity contribution >= 4 is 23.9 Å². The number of rotatable bonds is 10. The molecule has 0 spiro atoms. The Kier molecular flexibility index (Phi) is 15.8. The second kappa shape index (κ2) is 14.3. The SMILES string of the molecule is CC(=O)O[C@H](CC(=O)[O-])C[N+](C)(C)C.O=C([O-])[C@@H](O)[C@H](O)[C@H](O)[C@@H](O)C(=O)[O-].[Zn+2]. The molecule has 13 nitrogen and oxygen atoms in total. The number of nitrogens with zero attached hydrogens (tertiary/aromatic N) is 1. The molecule has 0 unspecified atom stereocenters. The summed E-state index contributed by atoms with van der Waals surface area (Å²) in [4.78, 5) is 41.0. The van der Waals surface area contributed by atoms with E-state index in [4.69, 9.17) is 25.2 Å². The minimum Gasteiger partial charge on any atom is -0.550 e. The van der Waals surface area contributed by atoms with E-state index in [0.717, 1.165) is 0 Å². The molecule has 0 aliphatic heterocycles. The smallest absolute Gasteiger partial charge is 0.550 e. The molecule has 0 aromatic heterocycles. The van der Waals surface area contributed by atoms with E-state index in [-0.39, 0.29) is 25.9 Å². The monoisotopic (exact) mass is 475 g/mol. The van der Waals surface area contributed by atoms with E-state index in [1.165, 1.54) is 6.92 Å². The van der Waals surface area contributed by atoms with Gasteiger partial charge in [0.25, 0.3) is 0 Å². The molecule has 14 heteroatoms. The Labute approximate surface area is 179 Å². The van der Waals surface area contributed by atoms with Crippen molar-refractivity contribution in [2.75, 3.05) is 27.7 Å². The molecule has 0 aromatic carbocycles. The van der Waals surface area contributed by atoms with E-state index < -0.39 is 54.4 Å². The van der Waals surface area contributed by atoms with E-state index in [0.29, 0.717) is 11.0 Å². The van der Waals surface area contributed by atoms with E-state index in [9.17, 15) is 34.5 Å². The molecule has 0 bridgehead atoms. The summed E-state index contributed by atoms with van der Waals surface area (Å²) in [5, 5.41) is 65.1. The zero-order chi connectivity index (χ0) is 22.8. The zero-order valence-electron chi connectivity index (χ0n) is 16.5. The van der Waals surface area contributed by atoms with Gasteiger partial charge in [-0.15, -0.1) is 0 Å². The molecule has 0 rings (SSSR count). The van der Waals surface area contributed by atoms with Gasteiger partial charge in [0.15, 0.2) is 6.10 Å². The minimum absolute atomic E-state index is 0. The standard InChI is InChI=1S/C9H17NO4.C6H10O8.Zn/c1-7(11)14-8(5-9(12)13)6-10(2,3)4;7-1(3(9)5(11)12)2(8)4(10)6(13)14;/h8H,5-6H2,1-4H3;1-4,7-10H,(H,11,12)(H,13,14);/q;;+2/p-2/t8-;1-,2+,3+,4-;/m1../s1. The third-order valence-corrected chi connectivity index (χ3v) is 2.96. The van der Waals surface area contributed by atoms with E-state index in [1.807, 2.05) is 21.1 Å². The van der Waals surface area contributed by atoms with Crippen LogP contribution in [0.5, 0.6) is 0 Å². The number of ether oxygens (including phenoxy) is 1. The number of hydrogen-bond donors (Lipinski definition) is 4. The molecule has 0 aliphatic carbocycles. The van der Waals surface area contributed by atoms with Crippen LogP contribution in [0.15, 0.2) is 0 Å². The Bertz CT molecular complexity index is 510. The summed E-state index contributed by atoms with van der Waals surface area (Å²) in [6.07, 6.45) is -10.6. The molecule has 0 heterocycles. The van der Waals surface area contributed by atoms with Crippen molar-refractivity contribution in [3.8, 4) is 0 Å². The third-order valence-electron chi connectivity index (χ3n) is 2.96. The topological polar surface area (TPSA) is 228 Å². The van der Waals surface area contributed by atoms with Crippen molar-refractivity contribution in [1.82, 2.24) is 0 Å². The number of carboxylic acids is 3. The van der Waals surface area contributed by atoms with Gasteiger partial charge in [-0.1, -0.05) is 0 Å². The summed E-state index contributed by atoms with van der Waals surface area (Å²) < 4.78 is 5.39. The molecule has 0 fully saturated rings. The van der Waals surface area contributed by atoms with Gasteiger partial charge in [0, 0.05) is 19.3 Å². The summed E-state index contributed by atoms with van der Waals surface area (Å²) in [6, 6.07) is 0. The predicted octanol–water partition coefficient (Wildman–Crippen LogP) is -7.31. The first-order valence-electron chi connectivity index (χ1n) is 7.81. The number of carbonyl (C=O) groups excluding carboxylic acids is 4. The van der Waals surface area contributed by atoms with Gasteiger partial charge in [-0.25, -0.2) is 0 Å². The molecule has 0 saturated heterocycles. The maximum Gasteiger partial charge on any atom is 2.00 e. The summed E-state index contributed by atoms with van der Waals surface area (Å²) in [5.41, 5.74) is 0. The summed E-state index contributed by atoms with van der Waals surface area (Å²) in [7, 11) is 5.68. The van der Waals surface area contributed by atoms with Crippen molar-refractivity contribution in [3.63, 3.8) is 0 Å². The van der Waals surface area contributed by atoms with Crippen LogP contribution in [0.3, 0.4) is 0 Å². The molecule has 0 amide bonds. The Morgan fingerprint density at radius 1 is 0.862 bits per heavy atom. The Morgan fingerprint density at radius 2 is 1.21 bits per heavy atom. The average molecular weight is 477 g/mol. The van der Waals surface area contributed by atoms with Crippen LogP contribution in [-0.4, -0.2) is 107 Å². The van der Waals surface area contributed by atoms with Gasteiger partial charge >= 0.3 is 25.4 Å². The fourth-order valence-electron chi connectivity index (χ4n) is 1.83. The fraction of sp³-hybridized carbons (Fsp3) is 0.733. The number of esters is 1. The number of likely N-dealkylation sites (N-methyl/N-ethyl adjacent to an activating group) is 1. The number of aliphatic hydroxyl groups is 4. The predicted molar refractivity (Wildman–Crippen MR) is 82.1 cm³/mol. The molecule has 0 aromatic rings. The first kappa shape index (κ1) is 32.0. The molecule has 4 N–H and O–H groups in total. The van der Waals surface area contributed by atoms with Gasteiger partial charge in [-0.2, -0.15) is 0 Å². The van der Waals surface area contributed by atoms with Gasteiger partial charge in [-0.05, 0) is 0 Å². The molecular formula is C15H25NO12Zn. The molecule has 164 valence electrons. The van der Waals surface area contributed by atoms with Crippen LogP contribution in [-0.2, 0) is 43.4 Å². The van der Waals surface area contributed by atoms with Crippen LogP contribution in [0.25, 0.3) is 0 Å². The second-order valence-electron chi connectivity index (χ2n) is 6.79. The number of hydrogen-bond acceptors (Lipinski definition) is 12. The normalized spacial score (nSPS) is 15.9. The van der Waals surface area contributed by atoms with Crippen LogP contribution < -0.4 is 15.3 Å². The van der Waals surface area contributed by atoms with Gasteiger partial charge in [0.2, 0.25) is 0 Å². The van der Waals surface area contributed by atoms with Crippen LogP contribution in [0.1, 0.15) is 13.3 Å². The molecular weight excluding hydrogens is 452 g/mol. The van der Waals surface area contributed by atoms with E-state index in [1.54, 1.807) is 0 Å². The van der Waals surface area contributed by atoms with Crippen molar-refractivity contribution in [1.29, 1.82) is 0 Å². The van der Waals surface area contributed by atoms with Crippen LogP contribution >= 0.6 is 0 Å². The number of aliphatic carboxylic acids is 3. The fourth-order valence-corrected chi connectivity index (χ4v) is 1.83. The number of carboxylic acid groups (broad SMARTS) is 3. The second-order valence-corrected chi connectivity index (χ2v) is 6.79. The number of quaternary nitrogens is 1. The molecule has 0 saturated carbocycles. The molecule has 5 atom stereocenters. The maximum absolute atomic E-state index is 10.7. The first-order valence-corrected chi connectivity index (χ1v) is 7.81. The van der Waals surface area contributed by atoms with Gasteiger partial charge < -0.3 is 59.3 Å². The van der Waals surface area contributed by atoms with Gasteiger partial charge in [0.1, 0.15) is 31.0 Å². The average Bonchev–Trinajstić information content (AvgIpc) is 2.49. The van der Waals surface area contributed by atoms with Crippen molar-refractivity contribution in [2.45, 2.75) is 43.9 Å². The Hall–Kier alpha value is -1.70. The minimum atomic E-state index is -2.50. The quantitative estimate of drug-likeness (QED) is 0.131. The van der Waals surface area contributed by atoms with Crippen molar-refractivity contribution in [2.24, 2.45) is 0 Å². The van der Waals surface area contributed by atoms with Gasteiger partial charge in [0.05, 0.1) is 33.1 Å². The Morgan fingerprint density at radius 3 is 1.41 bits per heavy atom. The molecule has 29 heavy (non-hydrogen) atoms. The summed E-state index contributed by atoms with van der Waals surface area (Å²) in [6.45, 7) is 1.71.